The van der Waals surface area contributed by atoms with Gasteiger partial charge in [-0.3, -0.25) is 4.79 Å². The summed E-state index contributed by atoms with van der Waals surface area (Å²) in [6.45, 7) is 2.44. The molecule has 0 bridgehead atoms. The summed E-state index contributed by atoms with van der Waals surface area (Å²) < 4.78 is 0.481. The zero-order chi connectivity index (χ0) is 20.3. The van der Waals surface area contributed by atoms with Gasteiger partial charge in [0.1, 0.15) is 0 Å². The second-order valence-corrected chi connectivity index (χ2v) is 8.23. The highest BCUT2D eigenvalue weighted by atomic mass is 16.4. The standard InChI is InChI=1S/C16H32O2.C5H11NO2/c1-2-3-4-5-6-7-8-9-10-11-12-13-14-15-16(17)18;1-6(2,3)4-5(7)8/h2-15H2,1H3,(H,17,18);4H2,1-3H3/p+1. The molecule has 26 heavy (non-hydrogen) atoms. The molecular formula is C21H44NO4+. The van der Waals surface area contributed by atoms with E-state index in [1.807, 2.05) is 21.1 Å². The number of nitrogens with zero attached hydrogens (tertiary/aromatic N) is 1. The van der Waals surface area contributed by atoms with Gasteiger partial charge in [-0.05, 0) is 6.42 Å². The lowest BCUT2D eigenvalue weighted by molar-refractivity contribution is -0.862. The Bertz CT molecular complexity index is 337. The summed E-state index contributed by atoms with van der Waals surface area (Å²) in [6.07, 6.45) is 17.3. The predicted molar refractivity (Wildman–Crippen MR) is 108 cm³/mol. The fourth-order valence-electron chi connectivity index (χ4n) is 2.70. The van der Waals surface area contributed by atoms with Gasteiger partial charge in [0.05, 0.1) is 21.1 Å². The molecule has 0 aromatic carbocycles. The summed E-state index contributed by atoms with van der Waals surface area (Å²) in [5.74, 6) is -1.41. The second-order valence-electron chi connectivity index (χ2n) is 8.23. The lowest BCUT2D eigenvalue weighted by atomic mass is 10.0. The maximum atomic E-state index is 10.3. The van der Waals surface area contributed by atoms with E-state index in [1.54, 1.807) is 0 Å². The summed E-state index contributed by atoms with van der Waals surface area (Å²) in [6, 6.07) is 0. The first kappa shape index (κ1) is 27.1. The first-order chi connectivity index (χ1) is 12.2. The number of unbranched alkanes of at least 4 members (excludes halogenated alkanes) is 12. The lowest BCUT2D eigenvalue weighted by Crippen LogP contribution is -2.39. The van der Waals surface area contributed by atoms with Crippen molar-refractivity contribution < 1.29 is 24.3 Å². The Hall–Kier alpha value is -1.10. The van der Waals surface area contributed by atoms with Crippen molar-refractivity contribution in [3.8, 4) is 0 Å². The minimum Gasteiger partial charge on any atom is -0.481 e. The number of quaternary nitrogens is 1. The summed E-state index contributed by atoms with van der Waals surface area (Å²) >= 11 is 0. The van der Waals surface area contributed by atoms with Gasteiger partial charge in [-0.1, -0.05) is 84.0 Å². The van der Waals surface area contributed by atoms with Crippen LogP contribution in [-0.2, 0) is 9.59 Å². The Morgan fingerprint density at radius 2 is 0.962 bits per heavy atom. The molecule has 0 aliphatic carbocycles. The van der Waals surface area contributed by atoms with E-state index in [0.29, 0.717) is 10.9 Å². The molecule has 0 rings (SSSR count). The summed E-state index contributed by atoms with van der Waals surface area (Å²) in [7, 11) is 5.52. The number of hydrogen-bond acceptors (Lipinski definition) is 2. The Balaban J connectivity index is 0. The van der Waals surface area contributed by atoms with Crippen LogP contribution in [-0.4, -0.2) is 54.3 Å². The zero-order valence-corrected chi connectivity index (χ0v) is 17.8. The molecular weight excluding hydrogens is 330 g/mol. The topological polar surface area (TPSA) is 74.6 Å². The predicted octanol–water partition coefficient (Wildman–Crippen LogP) is 5.33. The van der Waals surface area contributed by atoms with Crippen molar-refractivity contribution in [2.24, 2.45) is 0 Å². The molecule has 0 aliphatic rings. The third-order valence-corrected chi connectivity index (χ3v) is 4.10. The van der Waals surface area contributed by atoms with E-state index in [1.165, 1.54) is 70.6 Å². The largest absolute Gasteiger partial charge is 0.481 e. The minimum absolute atomic E-state index is 0.181. The van der Waals surface area contributed by atoms with Gasteiger partial charge >= 0.3 is 11.9 Å². The van der Waals surface area contributed by atoms with Gasteiger partial charge < -0.3 is 14.7 Å². The first-order valence-corrected chi connectivity index (χ1v) is 10.4. The Morgan fingerprint density at radius 1 is 0.615 bits per heavy atom. The molecule has 0 fully saturated rings. The number of carbonyl (C=O) groups is 2. The molecule has 0 heterocycles. The summed E-state index contributed by atoms with van der Waals surface area (Å²) in [5.41, 5.74) is 0. The third kappa shape index (κ3) is 30.7. The molecule has 0 amide bonds. The van der Waals surface area contributed by atoms with Crippen LogP contribution in [0.3, 0.4) is 0 Å². The van der Waals surface area contributed by atoms with Crippen molar-refractivity contribution in [3.63, 3.8) is 0 Å². The van der Waals surface area contributed by atoms with Gasteiger partial charge in [0, 0.05) is 6.42 Å². The van der Waals surface area contributed by atoms with Crippen molar-refractivity contribution in [3.05, 3.63) is 0 Å². The van der Waals surface area contributed by atoms with Crippen LogP contribution in [0.4, 0.5) is 0 Å². The molecule has 0 atom stereocenters. The first-order valence-electron chi connectivity index (χ1n) is 10.4. The summed E-state index contributed by atoms with van der Waals surface area (Å²) in [5, 5.41) is 16.7. The number of likely N-dealkylation sites (N-methyl/N-ethyl adjacent to an activating group) is 1. The van der Waals surface area contributed by atoms with Gasteiger partial charge in [0.15, 0.2) is 6.54 Å². The third-order valence-electron chi connectivity index (χ3n) is 4.10. The number of carboxylic acid groups (broad SMARTS) is 2. The normalized spacial score (nSPS) is 10.9. The number of aliphatic carboxylic acids is 2. The Morgan fingerprint density at radius 3 is 1.19 bits per heavy atom. The van der Waals surface area contributed by atoms with Crippen LogP contribution in [0, 0.1) is 0 Å². The van der Waals surface area contributed by atoms with Crippen LogP contribution in [0.25, 0.3) is 0 Å². The molecule has 0 spiro atoms. The number of hydrogen-bond donors (Lipinski definition) is 2. The van der Waals surface area contributed by atoms with Crippen LogP contribution in [0.2, 0.25) is 0 Å². The maximum Gasteiger partial charge on any atom is 0.359 e. The average Bonchev–Trinajstić information content (AvgIpc) is 2.49. The highest BCUT2D eigenvalue weighted by Crippen LogP contribution is 2.12. The van der Waals surface area contributed by atoms with E-state index in [0.717, 1.165) is 12.8 Å². The van der Waals surface area contributed by atoms with Gasteiger partial charge in [0.25, 0.3) is 0 Å². The van der Waals surface area contributed by atoms with E-state index in [2.05, 4.69) is 6.92 Å². The van der Waals surface area contributed by atoms with Gasteiger partial charge in [-0.2, -0.15) is 0 Å². The molecule has 2 N–H and O–H groups in total. The number of carboxylic acids is 2. The molecule has 0 aromatic rings. The minimum atomic E-state index is -0.752. The Labute approximate surface area is 161 Å². The quantitative estimate of drug-likeness (QED) is 0.283. The van der Waals surface area contributed by atoms with Crippen molar-refractivity contribution >= 4 is 11.9 Å². The molecule has 156 valence electrons. The molecule has 0 aliphatic heterocycles. The summed E-state index contributed by atoms with van der Waals surface area (Å²) in [4.78, 5) is 20.3. The van der Waals surface area contributed by atoms with E-state index >= 15 is 0 Å². The van der Waals surface area contributed by atoms with Crippen molar-refractivity contribution in [1.29, 1.82) is 0 Å². The van der Waals surface area contributed by atoms with E-state index in [4.69, 9.17) is 10.2 Å². The van der Waals surface area contributed by atoms with E-state index in [9.17, 15) is 9.59 Å². The van der Waals surface area contributed by atoms with Crippen LogP contribution in [0.15, 0.2) is 0 Å². The molecule has 0 aromatic heterocycles. The fourth-order valence-corrected chi connectivity index (χ4v) is 2.70. The molecule has 5 heteroatoms. The van der Waals surface area contributed by atoms with Crippen molar-refractivity contribution in [1.82, 2.24) is 0 Å². The Kier molecular flexibility index (Phi) is 19.5. The van der Waals surface area contributed by atoms with Gasteiger partial charge in [0.2, 0.25) is 0 Å². The van der Waals surface area contributed by atoms with Crippen LogP contribution in [0.1, 0.15) is 96.8 Å². The monoisotopic (exact) mass is 374 g/mol. The van der Waals surface area contributed by atoms with Gasteiger partial charge in [-0.15, -0.1) is 0 Å². The molecule has 0 radical (unpaired) electrons. The highest BCUT2D eigenvalue weighted by Gasteiger charge is 2.11. The average molecular weight is 375 g/mol. The van der Waals surface area contributed by atoms with Crippen LogP contribution in [0.5, 0.6) is 0 Å². The van der Waals surface area contributed by atoms with E-state index in [-0.39, 0.29) is 6.54 Å². The molecule has 0 unspecified atom stereocenters. The second kappa shape index (κ2) is 18.7. The van der Waals surface area contributed by atoms with Gasteiger partial charge in [-0.25, -0.2) is 4.79 Å². The van der Waals surface area contributed by atoms with Crippen LogP contribution < -0.4 is 0 Å². The fraction of sp³-hybridized carbons (Fsp3) is 0.905. The van der Waals surface area contributed by atoms with Crippen molar-refractivity contribution in [2.75, 3.05) is 27.7 Å². The SMILES string of the molecule is CCCCCCCCCCCCCCCC(=O)O.C[N+](C)(C)CC(=O)O. The molecule has 0 saturated carbocycles. The number of rotatable bonds is 16. The highest BCUT2D eigenvalue weighted by molar-refractivity contribution is 5.67. The molecule has 0 saturated heterocycles. The molecule has 5 nitrogen and oxygen atoms in total. The van der Waals surface area contributed by atoms with Crippen molar-refractivity contribution in [2.45, 2.75) is 96.8 Å². The van der Waals surface area contributed by atoms with E-state index < -0.39 is 11.9 Å². The maximum absolute atomic E-state index is 10.3. The zero-order valence-electron chi connectivity index (χ0n) is 17.8. The smallest absolute Gasteiger partial charge is 0.359 e. The lowest BCUT2D eigenvalue weighted by Gasteiger charge is -2.20. The van der Waals surface area contributed by atoms with Crippen LogP contribution >= 0.6 is 0 Å².